The van der Waals surface area contributed by atoms with Crippen LogP contribution < -0.4 is 10.6 Å². The van der Waals surface area contributed by atoms with Gasteiger partial charge in [-0.1, -0.05) is 12.1 Å². The first-order chi connectivity index (χ1) is 10.9. The number of sulfonamides is 1. The van der Waals surface area contributed by atoms with E-state index >= 15 is 0 Å². The summed E-state index contributed by atoms with van der Waals surface area (Å²) in [5, 5.41) is 6.13. The first-order valence-corrected chi connectivity index (χ1v) is 9.73. The van der Waals surface area contributed by atoms with Gasteiger partial charge < -0.3 is 10.6 Å². The molecule has 0 saturated carbocycles. The van der Waals surface area contributed by atoms with Crippen LogP contribution in [0.2, 0.25) is 0 Å². The van der Waals surface area contributed by atoms with Gasteiger partial charge in [0.15, 0.2) is 0 Å². The fourth-order valence-corrected chi connectivity index (χ4v) is 3.06. The van der Waals surface area contributed by atoms with E-state index in [1.807, 2.05) is 24.3 Å². The van der Waals surface area contributed by atoms with Gasteiger partial charge in [-0.05, 0) is 43.0 Å². The van der Waals surface area contributed by atoms with E-state index in [-0.39, 0.29) is 19.0 Å². The topological polar surface area (TPSA) is 78.5 Å². The monoisotopic (exact) mass is 339 g/mol. The summed E-state index contributed by atoms with van der Waals surface area (Å²) in [4.78, 5) is 12.1. The predicted molar refractivity (Wildman–Crippen MR) is 91.1 cm³/mol. The second-order valence-corrected chi connectivity index (χ2v) is 8.10. The standard InChI is InChI=1S/C16H25N3O3S/c1-19(23(2,21)22)11-10-18-16(20)14-7-5-13(6-8-14)15-4-3-9-17-12-15/h5-8,15,17H,3-4,9-12H2,1-2H3,(H,18,20). The van der Waals surface area contributed by atoms with Crippen LogP contribution in [-0.2, 0) is 10.0 Å². The zero-order valence-corrected chi connectivity index (χ0v) is 14.5. The Labute approximate surface area is 138 Å². The number of amides is 1. The Bertz CT molecular complexity index is 622. The Morgan fingerprint density at radius 2 is 2.04 bits per heavy atom. The number of benzene rings is 1. The third kappa shape index (κ3) is 5.30. The van der Waals surface area contributed by atoms with Crippen LogP contribution in [-0.4, -0.2) is 58.1 Å². The van der Waals surface area contributed by atoms with Crippen molar-refractivity contribution in [2.75, 3.05) is 39.5 Å². The van der Waals surface area contributed by atoms with E-state index in [4.69, 9.17) is 0 Å². The maximum Gasteiger partial charge on any atom is 0.251 e. The Hall–Kier alpha value is -1.44. The number of rotatable bonds is 6. The number of likely N-dealkylation sites (N-methyl/N-ethyl adjacent to an activating group) is 1. The van der Waals surface area contributed by atoms with Gasteiger partial charge in [-0.25, -0.2) is 12.7 Å². The number of piperidine rings is 1. The maximum atomic E-state index is 12.1. The Morgan fingerprint density at radius 1 is 1.35 bits per heavy atom. The van der Waals surface area contributed by atoms with Crippen LogP contribution in [0.1, 0.15) is 34.7 Å². The fraction of sp³-hybridized carbons (Fsp3) is 0.562. The van der Waals surface area contributed by atoms with E-state index in [0.29, 0.717) is 11.5 Å². The van der Waals surface area contributed by atoms with E-state index < -0.39 is 10.0 Å². The van der Waals surface area contributed by atoms with Gasteiger partial charge in [-0.2, -0.15) is 0 Å². The van der Waals surface area contributed by atoms with Gasteiger partial charge in [-0.3, -0.25) is 4.79 Å². The van der Waals surface area contributed by atoms with Crippen molar-refractivity contribution in [2.24, 2.45) is 0 Å². The van der Waals surface area contributed by atoms with Gasteiger partial charge in [0.2, 0.25) is 10.0 Å². The van der Waals surface area contributed by atoms with Gasteiger partial charge in [0.25, 0.3) is 5.91 Å². The van der Waals surface area contributed by atoms with Crippen LogP contribution in [0.3, 0.4) is 0 Å². The molecule has 2 N–H and O–H groups in total. The largest absolute Gasteiger partial charge is 0.351 e. The lowest BCUT2D eigenvalue weighted by Crippen LogP contribution is -2.35. The molecule has 0 bridgehead atoms. The normalized spacial score (nSPS) is 18.8. The van der Waals surface area contributed by atoms with E-state index in [2.05, 4.69) is 10.6 Å². The van der Waals surface area contributed by atoms with Crippen LogP contribution in [0.4, 0.5) is 0 Å². The summed E-state index contributed by atoms with van der Waals surface area (Å²) < 4.78 is 23.8. The molecule has 1 aliphatic heterocycles. The van der Waals surface area contributed by atoms with E-state index in [0.717, 1.165) is 19.3 Å². The first kappa shape index (κ1) is 17.9. The molecule has 1 aromatic rings. The molecule has 7 heteroatoms. The molecule has 23 heavy (non-hydrogen) atoms. The number of carbonyl (C=O) groups excluding carboxylic acids is 1. The van der Waals surface area contributed by atoms with Gasteiger partial charge in [0, 0.05) is 32.2 Å². The first-order valence-electron chi connectivity index (χ1n) is 7.88. The summed E-state index contributed by atoms with van der Waals surface area (Å²) in [6.07, 6.45) is 3.50. The van der Waals surface area contributed by atoms with Gasteiger partial charge >= 0.3 is 0 Å². The Morgan fingerprint density at radius 3 is 2.61 bits per heavy atom. The average molecular weight is 339 g/mol. The highest BCUT2D eigenvalue weighted by Gasteiger charge is 2.16. The number of hydrogen-bond donors (Lipinski definition) is 2. The highest BCUT2D eigenvalue weighted by molar-refractivity contribution is 7.88. The molecule has 1 fully saturated rings. The predicted octanol–water partition coefficient (Wildman–Crippen LogP) is 0.775. The molecule has 1 heterocycles. The number of nitrogens with zero attached hydrogens (tertiary/aromatic N) is 1. The number of carbonyl (C=O) groups is 1. The highest BCUT2D eigenvalue weighted by atomic mass is 32.2. The minimum Gasteiger partial charge on any atom is -0.351 e. The molecule has 1 unspecified atom stereocenters. The summed E-state index contributed by atoms with van der Waals surface area (Å²) in [5.74, 6) is 0.337. The number of nitrogens with one attached hydrogen (secondary N) is 2. The molecule has 1 aromatic carbocycles. The van der Waals surface area contributed by atoms with Crippen molar-refractivity contribution >= 4 is 15.9 Å². The second-order valence-electron chi connectivity index (χ2n) is 6.01. The van der Waals surface area contributed by atoms with Crippen LogP contribution in [0, 0.1) is 0 Å². The van der Waals surface area contributed by atoms with Crippen LogP contribution >= 0.6 is 0 Å². The molecule has 2 rings (SSSR count). The third-order valence-corrected chi connectivity index (χ3v) is 5.53. The maximum absolute atomic E-state index is 12.1. The Kier molecular flexibility index (Phi) is 6.15. The summed E-state index contributed by atoms with van der Waals surface area (Å²) in [6.45, 7) is 2.62. The fourth-order valence-electron chi connectivity index (χ4n) is 2.64. The molecule has 0 radical (unpaired) electrons. The molecule has 1 atom stereocenters. The smallest absolute Gasteiger partial charge is 0.251 e. The molecule has 6 nitrogen and oxygen atoms in total. The van der Waals surface area contributed by atoms with Gasteiger partial charge in [0.1, 0.15) is 0 Å². The van der Waals surface area contributed by atoms with Crippen LogP contribution in [0.5, 0.6) is 0 Å². The summed E-state index contributed by atoms with van der Waals surface area (Å²) in [6, 6.07) is 7.68. The van der Waals surface area contributed by atoms with E-state index in [9.17, 15) is 13.2 Å². The van der Waals surface area contributed by atoms with E-state index in [1.165, 1.54) is 29.8 Å². The molecular formula is C16H25N3O3S. The van der Waals surface area contributed by atoms with Crippen molar-refractivity contribution in [2.45, 2.75) is 18.8 Å². The SMILES string of the molecule is CN(CCNC(=O)c1ccc(C2CCCNC2)cc1)S(C)(=O)=O. The minimum absolute atomic E-state index is 0.180. The molecule has 0 spiro atoms. The zero-order valence-electron chi connectivity index (χ0n) is 13.7. The van der Waals surface area contributed by atoms with Crippen molar-refractivity contribution < 1.29 is 13.2 Å². The van der Waals surface area contributed by atoms with Crippen molar-refractivity contribution in [3.63, 3.8) is 0 Å². The molecule has 1 aliphatic rings. The molecule has 0 aromatic heterocycles. The van der Waals surface area contributed by atoms with Crippen molar-refractivity contribution in [3.05, 3.63) is 35.4 Å². The molecular weight excluding hydrogens is 314 g/mol. The molecule has 0 aliphatic carbocycles. The summed E-state index contributed by atoms with van der Waals surface area (Å²) in [5.41, 5.74) is 1.85. The molecule has 1 amide bonds. The van der Waals surface area contributed by atoms with Crippen LogP contribution in [0.15, 0.2) is 24.3 Å². The summed E-state index contributed by atoms with van der Waals surface area (Å²) >= 11 is 0. The van der Waals surface area contributed by atoms with Gasteiger partial charge in [0.05, 0.1) is 6.26 Å². The third-order valence-electron chi connectivity index (χ3n) is 4.22. The Balaban J connectivity index is 1.85. The lowest BCUT2D eigenvalue weighted by Gasteiger charge is -2.23. The van der Waals surface area contributed by atoms with E-state index in [1.54, 1.807) is 0 Å². The average Bonchev–Trinajstić information content (AvgIpc) is 2.54. The molecule has 1 saturated heterocycles. The number of hydrogen-bond acceptors (Lipinski definition) is 4. The van der Waals surface area contributed by atoms with Crippen molar-refractivity contribution in [1.29, 1.82) is 0 Å². The minimum atomic E-state index is -3.21. The van der Waals surface area contributed by atoms with Crippen molar-refractivity contribution in [1.82, 2.24) is 14.9 Å². The second kappa shape index (κ2) is 7.90. The molecule has 128 valence electrons. The van der Waals surface area contributed by atoms with Crippen LogP contribution in [0.25, 0.3) is 0 Å². The van der Waals surface area contributed by atoms with Crippen molar-refractivity contribution in [3.8, 4) is 0 Å². The highest BCUT2D eigenvalue weighted by Crippen LogP contribution is 2.23. The lowest BCUT2D eigenvalue weighted by molar-refractivity contribution is 0.0952. The lowest BCUT2D eigenvalue weighted by atomic mass is 9.91. The zero-order chi connectivity index (χ0) is 16.9. The quantitative estimate of drug-likeness (QED) is 0.803. The summed E-state index contributed by atoms with van der Waals surface area (Å²) in [7, 11) is -1.71. The van der Waals surface area contributed by atoms with Gasteiger partial charge in [-0.15, -0.1) is 0 Å².